The predicted octanol–water partition coefficient (Wildman–Crippen LogP) is -0.611. The van der Waals surface area contributed by atoms with Gasteiger partial charge in [0, 0.05) is 20.8 Å². The average molecular weight is 385 g/mol. The number of esters is 4. The molecule has 1 aliphatic rings. The summed E-state index contributed by atoms with van der Waals surface area (Å²) >= 11 is 0. The summed E-state index contributed by atoms with van der Waals surface area (Å²) in [6.45, 7) is 3.30. The zero-order valence-corrected chi connectivity index (χ0v) is 15.1. The number of hydrogen-bond donors (Lipinski definition) is 0. The summed E-state index contributed by atoms with van der Waals surface area (Å²) in [6, 6.07) is 0. The van der Waals surface area contributed by atoms with E-state index in [-0.39, 0.29) is 12.4 Å². The van der Waals surface area contributed by atoms with Crippen molar-refractivity contribution in [1.29, 1.82) is 0 Å². The van der Waals surface area contributed by atoms with Crippen molar-refractivity contribution in [3.63, 3.8) is 0 Å². The van der Waals surface area contributed by atoms with Gasteiger partial charge in [0.05, 0.1) is 7.11 Å². The maximum Gasteiger partial charge on any atom is 0.377 e. The van der Waals surface area contributed by atoms with E-state index in [0.29, 0.717) is 0 Å². The SMILES string of the molecule is COC(=O)c1ncn([C@@H]2O[C@H](COC(C)=O)[C@H](OC(C)=O)[C@@H]2OC(C)=O)n1. The van der Waals surface area contributed by atoms with Crippen LogP contribution >= 0.6 is 0 Å². The lowest BCUT2D eigenvalue weighted by atomic mass is 10.1. The van der Waals surface area contributed by atoms with E-state index in [2.05, 4.69) is 14.8 Å². The number of carbonyl (C=O) groups is 4. The summed E-state index contributed by atoms with van der Waals surface area (Å²) in [4.78, 5) is 49.4. The molecule has 1 aromatic heterocycles. The highest BCUT2D eigenvalue weighted by Gasteiger charge is 2.51. The molecule has 0 radical (unpaired) electrons. The second-order valence-corrected chi connectivity index (χ2v) is 5.56. The normalized spacial score (nSPS) is 24.1. The number of nitrogens with zero attached hydrogens (tertiary/aromatic N) is 3. The highest BCUT2D eigenvalue weighted by atomic mass is 16.7. The third kappa shape index (κ3) is 5.00. The van der Waals surface area contributed by atoms with Gasteiger partial charge in [0.25, 0.3) is 5.82 Å². The quantitative estimate of drug-likeness (QED) is 0.456. The van der Waals surface area contributed by atoms with Gasteiger partial charge in [-0.05, 0) is 0 Å². The summed E-state index contributed by atoms with van der Waals surface area (Å²) < 4.78 is 26.8. The molecule has 12 heteroatoms. The first-order valence-corrected chi connectivity index (χ1v) is 7.85. The topological polar surface area (TPSA) is 145 Å². The molecular formula is C15H19N3O9. The second-order valence-electron chi connectivity index (χ2n) is 5.56. The minimum atomic E-state index is -1.11. The monoisotopic (exact) mass is 385 g/mol. The Hall–Kier alpha value is -3.02. The van der Waals surface area contributed by atoms with E-state index in [1.54, 1.807) is 0 Å². The molecule has 4 atom stereocenters. The first kappa shape index (κ1) is 20.3. The van der Waals surface area contributed by atoms with Crippen LogP contribution in [-0.2, 0) is 38.1 Å². The summed E-state index contributed by atoms with van der Waals surface area (Å²) in [7, 11) is 1.17. The summed E-state index contributed by atoms with van der Waals surface area (Å²) in [5, 5.41) is 3.93. The number of hydrogen-bond acceptors (Lipinski definition) is 11. The maximum atomic E-state index is 11.5. The Morgan fingerprint density at radius 2 is 1.70 bits per heavy atom. The van der Waals surface area contributed by atoms with Crippen LogP contribution < -0.4 is 0 Å². The molecular weight excluding hydrogens is 366 g/mol. The second kappa shape index (κ2) is 8.58. The zero-order chi connectivity index (χ0) is 20.1. The molecule has 0 aromatic carbocycles. The molecule has 1 saturated heterocycles. The van der Waals surface area contributed by atoms with Crippen molar-refractivity contribution < 1.29 is 42.9 Å². The van der Waals surface area contributed by atoms with Gasteiger partial charge in [-0.25, -0.2) is 14.5 Å². The van der Waals surface area contributed by atoms with E-state index >= 15 is 0 Å². The van der Waals surface area contributed by atoms with Crippen LogP contribution in [0.1, 0.15) is 37.6 Å². The summed E-state index contributed by atoms with van der Waals surface area (Å²) in [5.74, 6) is -2.89. The molecule has 0 N–H and O–H groups in total. The van der Waals surface area contributed by atoms with E-state index in [1.807, 2.05) is 0 Å². The lowest BCUT2D eigenvalue weighted by Crippen LogP contribution is -2.40. The minimum absolute atomic E-state index is 0.241. The Bertz CT molecular complexity index is 732. The van der Waals surface area contributed by atoms with E-state index < -0.39 is 48.4 Å². The van der Waals surface area contributed by atoms with Crippen molar-refractivity contribution >= 4 is 23.9 Å². The van der Waals surface area contributed by atoms with Crippen LogP contribution in [0.5, 0.6) is 0 Å². The number of carbonyl (C=O) groups excluding carboxylic acids is 4. The lowest BCUT2D eigenvalue weighted by Gasteiger charge is -2.23. The van der Waals surface area contributed by atoms with E-state index in [9.17, 15) is 19.2 Å². The standard InChI is InChI=1S/C15H19N3O9/c1-7(19)24-5-10-11(25-8(2)20)12(26-9(3)21)14(27-10)18-6-16-13(17-18)15(22)23-4/h6,10-12,14H,5H2,1-4H3/t10-,11+,12+,14-/m1/s1. The molecule has 0 aliphatic carbocycles. The van der Waals surface area contributed by atoms with Gasteiger partial charge >= 0.3 is 23.9 Å². The lowest BCUT2D eigenvalue weighted by molar-refractivity contribution is -0.166. The minimum Gasteiger partial charge on any atom is -0.463 e. The van der Waals surface area contributed by atoms with Crippen LogP contribution in [0.4, 0.5) is 0 Å². The Morgan fingerprint density at radius 3 is 2.26 bits per heavy atom. The molecule has 0 saturated carbocycles. The number of methoxy groups -OCH3 is 1. The van der Waals surface area contributed by atoms with Crippen LogP contribution in [0.2, 0.25) is 0 Å². The van der Waals surface area contributed by atoms with Gasteiger partial charge in [-0.15, -0.1) is 5.10 Å². The fourth-order valence-electron chi connectivity index (χ4n) is 2.49. The van der Waals surface area contributed by atoms with Crippen molar-refractivity contribution in [2.45, 2.75) is 45.3 Å². The van der Waals surface area contributed by atoms with E-state index in [0.717, 1.165) is 4.68 Å². The molecule has 0 bridgehead atoms. The third-order valence-electron chi connectivity index (χ3n) is 3.48. The Balaban J connectivity index is 2.33. The zero-order valence-electron chi connectivity index (χ0n) is 15.1. The molecule has 0 amide bonds. The van der Waals surface area contributed by atoms with E-state index in [4.69, 9.17) is 18.9 Å². The number of ether oxygens (including phenoxy) is 5. The molecule has 12 nitrogen and oxygen atoms in total. The van der Waals surface area contributed by atoms with Crippen LogP contribution in [0.25, 0.3) is 0 Å². The summed E-state index contributed by atoms with van der Waals surface area (Å²) in [5.41, 5.74) is 0. The predicted molar refractivity (Wildman–Crippen MR) is 83.0 cm³/mol. The molecule has 1 aromatic rings. The molecule has 0 unspecified atom stereocenters. The van der Waals surface area contributed by atoms with Crippen molar-refractivity contribution in [2.24, 2.45) is 0 Å². The molecule has 0 spiro atoms. The molecule has 27 heavy (non-hydrogen) atoms. The molecule has 1 fully saturated rings. The smallest absolute Gasteiger partial charge is 0.377 e. The summed E-state index contributed by atoms with van der Waals surface area (Å²) in [6.07, 6.45) is -3.02. The first-order chi connectivity index (χ1) is 12.7. The molecule has 1 aliphatic heterocycles. The Morgan fingerprint density at radius 1 is 1.07 bits per heavy atom. The molecule has 2 rings (SSSR count). The first-order valence-electron chi connectivity index (χ1n) is 7.85. The van der Waals surface area contributed by atoms with Crippen molar-refractivity contribution in [2.75, 3.05) is 13.7 Å². The van der Waals surface area contributed by atoms with Crippen LogP contribution in [0.15, 0.2) is 6.33 Å². The van der Waals surface area contributed by atoms with Gasteiger partial charge in [-0.1, -0.05) is 0 Å². The molecule has 148 valence electrons. The van der Waals surface area contributed by atoms with Gasteiger partial charge in [-0.3, -0.25) is 14.4 Å². The highest BCUT2D eigenvalue weighted by molar-refractivity contribution is 5.84. The van der Waals surface area contributed by atoms with E-state index in [1.165, 1.54) is 34.2 Å². The average Bonchev–Trinajstić information content (AvgIpc) is 3.18. The Kier molecular flexibility index (Phi) is 6.45. The van der Waals surface area contributed by atoms with Gasteiger partial charge in [0.15, 0.2) is 18.4 Å². The van der Waals surface area contributed by atoms with Crippen LogP contribution in [0.3, 0.4) is 0 Å². The third-order valence-corrected chi connectivity index (χ3v) is 3.48. The van der Waals surface area contributed by atoms with Gasteiger partial charge in [-0.2, -0.15) is 0 Å². The fraction of sp³-hybridized carbons (Fsp3) is 0.600. The largest absolute Gasteiger partial charge is 0.463 e. The molecule has 2 heterocycles. The number of rotatable bonds is 6. The van der Waals surface area contributed by atoms with Crippen molar-refractivity contribution in [1.82, 2.24) is 14.8 Å². The van der Waals surface area contributed by atoms with Crippen LogP contribution in [-0.4, -0.2) is 70.7 Å². The maximum absolute atomic E-state index is 11.5. The number of aromatic nitrogens is 3. The van der Waals surface area contributed by atoms with Crippen molar-refractivity contribution in [3.05, 3.63) is 12.2 Å². The van der Waals surface area contributed by atoms with Gasteiger partial charge in [0.1, 0.15) is 19.0 Å². The highest BCUT2D eigenvalue weighted by Crippen LogP contribution is 2.34. The van der Waals surface area contributed by atoms with Crippen LogP contribution in [0, 0.1) is 0 Å². The van der Waals surface area contributed by atoms with Gasteiger partial charge < -0.3 is 23.7 Å². The Labute approximate surface area is 153 Å². The van der Waals surface area contributed by atoms with Crippen molar-refractivity contribution in [3.8, 4) is 0 Å². The van der Waals surface area contributed by atoms with Gasteiger partial charge in [0.2, 0.25) is 0 Å². The fourth-order valence-corrected chi connectivity index (χ4v) is 2.49.